The fourth-order valence-electron chi connectivity index (χ4n) is 2.10. The van der Waals surface area contributed by atoms with Crippen molar-refractivity contribution in [2.45, 2.75) is 26.8 Å². The molecule has 0 fully saturated rings. The van der Waals surface area contributed by atoms with Crippen molar-refractivity contribution in [3.05, 3.63) is 54.0 Å². The van der Waals surface area contributed by atoms with E-state index in [9.17, 15) is 4.79 Å². The van der Waals surface area contributed by atoms with Crippen LogP contribution in [0.3, 0.4) is 0 Å². The van der Waals surface area contributed by atoms with Crippen LogP contribution in [-0.2, 0) is 6.54 Å². The molecule has 1 aromatic heterocycles. The molecule has 25 heavy (non-hydrogen) atoms. The van der Waals surface area contributed by atoms with Gasteiger partial charge in [-0.2, -0.15) is 0 Å². The zero-order chi connectivity index (χ0) is 17.2. The van der Waals surface area contributed by atoms with Crippen LogP contribution in [0, 0.1) is 0 Å². The van der Waals surface area contributed by atoms with Crippen molar-refractivity contribution in [3.8, 4) is 0 Å². The van der Waals surface area contributed by atoms with Gasteiger partial charge in [0.15, 0.2) is 11.7 Å². The van der Waals surface area contributed by atoms with E-state index in [0.29, 0.717) is 6.54 Å². The minimum atomic E-state index is -0.265. The van der Waals surface area contributed by atoms with Gasteiger partial charge in [-0.1, -0.05) is 19.1 Å². The van der Waals surface area contributed by atoms with E-state index in [0.717, 1.165) is 36.7 Å². The maximum absolute atomic E-state index is 12.0. The summed E-state index contributed by atoms with van der Waals surface area (Å²) >= 11 is 0. The predicted octanol–water partition coefficient (Wildman–Crippen LogP) is 3.62. The van der Waals surface area contributed by atoms with Gasteiger partial charge in [0.2, 0.25) is 0 Å². The summed E-state index contributed by atoms with van der Waals surface area (Å²) < 4.78 is 5.09. The highest BCUT2D eigenvalue weighted by atomic mass is 127. The molecular formula is C18H25IN4O2. The molecular weight excluding hydrogens is 431 g/mol. The maximum Gasteiger partial charge on any atom is 0.291 e. The highest BCUT2D eigenvalue weighted by molar-refractivity contribution is 14.0. The number of carbonyl (C=O) groups is 1. The SMILES string of the molecule is CCCNC(=NCc1cccc(NC(=O)c2ccco2)c1)NCC.I. The fraction of sp³-hybridized carbons (Fsp3) is 0.333. The van der Waals surface area contributed by atoms with Crippen LogP contribution in [0.25, 0.3) is 0 Å². The van der Waals surface area contributed by atoms with Crippen LogP contribution in [0.5, 0.6) is 0 Å². The smallest absolute Gasteiger partial charge is 0.291 e. The fourth-order valence-corrected chi connectivity index (χ4v) is 2.10. The van der Waals surface area contributed by atoms with E-state index in [1.807, 2.05) is 31.2 Å². The van der Waals surface area contributed by atoms with E-state index in [-0.39, 0.29) is 35.6 Å². The molecule has 0 aliphatic rings. The minimum absolute atomic E-state index is 0. The number of guanidine groups is 1. The third-order valence-corrected chi connectivity index (χ3v) is 3.24. The molecule has 1 amide bonds. The van der Waals surface area contributed by atoms with Gasteiger partial charge in [-0.05, 0) is 43.2 Å². The third-order valence-electron chi connectivity index (χ3n) is 3.24. The number of halogens is 1. The second kappa shape index (κ2) is 11.5. The average Bonchev–Trinajstić information content (AvgIpc) is 3.12. The summed E-state index contributed by atoms with van der Waals surface area (Å²) in [5.41, 5.74) is 1.73. The summed E-state index contributed by atoms with van der Waals surface area (Å²) in [5.74, 6) is 0.819. The number of anilines is 1. The minimum Gasteiger partial charge on any atom is -0.459 e. The molecule has 7 heteroatoms. The molecule has 0 saturated carbocycles. The predicted molar refractivity (Wildman–Crippen MR) is 112 cm³/mol. The van der Waals surface area contributed by atoms with Crippen molar-refractivity contribution in [1.82, 2.24) is 10.6 Å². The van der Waals surface area contributed by atoms with E-state index >= 15 is 0 Å². The van der Waals surface area contributed by atoms with E-state index < -0.39 is 0 Å². The monoisotopic (exact) mass is 456 g/mol. The first kappa shape index (κ1) is 21.0. The van der Waals surface area contributed by atoms with Crippen molar-refractivity contribution in [3.63, 3.8) is 0 Å². The van der Waals surface area contributed by atoms with E-state index in [1.165, 1.54) is 6.26 Å². The second-order valence-electron chi connectivity index (χ2n) is 5.25. The third kappa shape index (κ3) is 7.16. The Kier molecular flexibility index (Phi) is 9.68. The molecule has 0 unspecified atom stereocenters. The Hall–Kier alpha value is -2.03. The van der Waals surface area contributed by atoms with Gasteiger partial charge < -0.3 is 20.4 Å². The lowest BCUT2D eigenvalue weighted by Gasteiger charge is -2.10. The van der Waals surface area contributed by atoms with Gasteiger partial charge in [0, 0.05) is 18.8 Å². The Morgan fingerprint density at radius 2 is 2.00 bits per heavy atom. The number of benzene rings is 1. The standard InChI is InChI=1S/C18H24N4O2.HI/c1-3-10-20-18(19-4-2)21-13-14-7-5-8-15(12-14)22-17(23)16-9-6-11-24-16;/h5-9,11-12H,3-4,10,13H2,1-2H3,(H,22,23)(H2,19,20,21);1H. The van der Waals surface area contributed by atoms with Crippen LogP contribution in [0.2, 0.25) is 0 Å². The summed E-state index contributed by atoms with van der Waals surface area (Å²) in [5, 5.41) is 9.29. The maximum atomic E-state index is 12.0. The normalized spacial score (nSPS) is 10.7. The summed E-state index contributed by atoms with van der Waals surface area (Å²) in [6.07, 6.45) is 2.52. The van der Waals surface area contributed by atoms with Crippen molar-refractivity contribution < 1.29 is 9.21 Å². The molecule has 0 aliphatic heterocycles. The van der Waals surface area contributed by atoms with Crippen LogP contribution in [-0.4, -0.2) is 25.0 Å². The van der Waals surface area contributed by atoms with E-state index in [1.54, 1.807) is 12.1 Å². The summed E-state index contributed by atoms with van der Waals surface area (Å²) in [6, 6.07) is 10.9. The molecule has 0 radical (unpaired) electrons. The van der Waals surface area contributed by atoms with Crippen LogP contribution >= 0.6 is 24.0 Å². The number of furan rings is 1. The topological polar surface area (TPSA) is 78.7 Å². The van der Waals surface area contributed by atoms with Crippen molar-refractivity contribution in [1.29, 1.82) is 0 Å². The molecule has 1 aromatic carbocycles. The quantitative estimate of drug-likeness (QED) is 0.338. The highest BCUT2D eigenvalue weighted by Crippen LogP contribution is 2.13. The number of hydrogen-bond acceptors (Lipinski definition) is 3. The molecule has 0 saturated heterocycles. The number of hydrogen-bond donors (Lipinski definition) is 3. The van der Waals surface area contributed by atoms with Crippen LogP contribution in [0.1, 0.15) is 36.4 Å². The molecule has 136 valence electrons. The Morgan fingerprint density at radius 3 is 2.68 bits per heavy atom. The zero-order valence-electron chi connectivity index (χ0n) is 14.5. The van der Waals surface area contributed by atoms with Gasteiger partial charge in [0.25, 0.3) is 5.91 Å². The van der Waals surface area contributed by atoms with Crippen molar-refractivity contribution in [2.75, 3.05) is 18.4 Å². The largest absolute Gasteiger partial charge is 0.459 e. The number of rotatable bonds is 7. The lowest BCUT2D eigenvalue weighted by atomic mass is 10.2. The van der Waals surface area contributed by atoms with Gasteiger partial charge >= 0.3 is 0 Å². The Balaban J connectivity index is 0.00000312. The van der Waals surface area contributed by atoms with Gasteiger partial charge in [0.1, 0.15) is 0 Å². The number of carbonyl (C=O) groups excluding carboxylic acids is 1. The molecule has 2 rings (SSSR count). The average molecular weight is 456 g/mol. The van der Waals surface area contributed by atoms with Gasteiger partial charge in [0.05, 0.1) is 12.8 Å². The summed E-state index contributed by atoms with van der Waals surface area (Å²) in [7, 11) is 0. The molecule has 1 heterocycles. The lowest BCUT2D eigenvalue weighted by Crippen LogP contribution is -2.37. The van der Waals surface area contributed by atoms with Gasteiger partial charge in [-0.25, -0.2) is 4.99 Å². The molecule has 3 N–H and O–H groups in total. The molecule has 0 aliphatic carbocycles. The number of nitrogens with zero attached hydrogens (tertiary/aromatic N) is 1. The Bertz CT molecular complexity index is 671. The van der Waals surface area contributed by atoms with Gasteiger partial charge in [-0.15, -0.1) is 24.0 Å². The Labute approximate surface area is 165 Å². The van der Waals surface area contributed by atoms with Crippen molar-refractivity contribution >= 4 is 41.5 Å². The van der Waals surface area contributed by atoms with E-state index in [2.05, 4.69) is 27.9 Å². The van der Waals surface area contributed by atoms with Crippen LogP contribution < -0.4 is 16.0 Å². The lowest BCUT2D eigenvalue weighted by molar-refractivity contribution is 0.0996. The first-order valence-electron chi connectivity index (χ1n) is 8.19. The van der Waals surface area contributed by atoms with Crippen molar-refractivity contribution in [2.24, 2.45) is 4.99 Å². The number of nitrogens with one attached hydrogen (secondary N) is 3. The summed E-state index contributed by atoms with van der Waals surface area (Å²) in [6.45, 7) is 6.37. The number of amides is 1. The first-order chi connectivity index (χ1) is 11.7. The zero-order valence-corrected chi connectivity index (χ0v) is 16.9. The molecule has 6 nitrogen and oxygen atoms in total. The molecule has 0 atom stereocenters. The summed E-state index contributed by atoms with van der Waals surface area (Å²) in [4.78, 5) is 16.6. The molecule has 0 bridgehead atoms. The second-order valence-corrected chi connectivity index (χ2v) is 5.25. The Morgan fingerprint density at radius 1 is 1.16 bits per heavy atom. The number of aliphatic imine (C=N–C) groups is 1. The van der Waals surface area contributed by atoms with E-state index in [4.69, 9.17) is 4.42 Å². The molecule has 2 aromatic rings. The highest BCUT2D eigenvalue weighted by Gasteiger charge is 2.08. The van der Waals surface area contributed by atoms with Crippen LogP contribution in [0.15, 0.2) is 52.1 Å². The van der Waals surface area contributed by atoms with Gasteiger partial charge in [-0.3, -0.25) is 4.79 Å². The molecule has 0 spiro atoms. The van der Waals surface area contributed by atoms with Crippen LogP contribution in [0.4, 0.5) is 5.69 Å². The first-order valence-corrected chi connectivity index (χ1v) is 8.19.